The van der Waals surface area contributed by atoms with Gasteiger partial charge >= 0.3 is 0 Å². The summed E-state index contributed by atoms with van der Waals surface area (Å²) in [6.07, 6.45) is 3.03. The number of hydrogen-bond donors (Lipinski definition) is 1. The number of halogens is 2. The molecule has 0 aromatic rings. The van der Waals surface area contributed by atoms with E-state index in [9.17, 15) is 8.78 Å². The Morgan fingerprint density at radius 2 is 1.67 bits per heavy atom. The van der Waals surface area contributed by atoms with Crippen LogP contribution in [0.1, 0.15) is 51.9 Å². The van der Waals surface area contributed by atoms with Crippen LogP contribution in [0, 0.1) is 11.8 Å². The lowest BCUT2D eigenvalue weighted by Gasteiger charge is -1.99. The Hall–Kier alpha value is -0.620. The third kappa shape index (κ3) is 9.68. The van der Waals surface area contributed by atoms with Crippen LogP contribution in [0.4, 0.5) is 8.78 Å². The molecule has 0 aliphatic carbocycles. The van der Waals surface area contributed by atoms with Crippen molar-refractivity contribution in [1.82, 2.24) is 0 Å². The molecular formula is C12H20F2O. The maximum atomic E-state index is 11.8. The average Bonchev–Trinajstić information content (AvgIpc) is 2.21. The lowest BCUT2D eigenvalue weighted by molar-refractivity contribution is 0.0296. The van der Waals surface area contributed by atoms with Crippen molar-refractivity contribution in [3.8, 4) is 11.8 Å². The van der Waals surface area contributed by atoms with E-state index in [0.29, 0.717) is 6.42 Å². The van der Waals surface area contributed by atoms with Gasteiger partial charge in [-0.25, -0.2) is 8.78 Å². The van der Waals surface area contributed by atoms with Crippen LogP contribution in [-0.2, 0) is 0 Å². The van der Waals surface area contributed by atoms with E-state index in [-0.39, 0.29) is 0 Å². The summed E-state index contributed by atoms with van der Waals surface area (Å²) in [5.74, 6) is 4.72. The van der Waals surface area contributed by atoms with Crippen LogP contribution in [0.25, 0.3) is 0 Å². The van der Waals surface area contributed by atoms with Gasteiger partial charge in [0.25, 0.3) is 6.43 Å². The number of aliphatic hydroxyl groups excluding tert-OH is 1. The molecule has 0 radical (unpaired) electrons. The first-order valence-electron chi connectivity index (χ1n) is 5.63. The van der Waals surface area contributed by atoms with Crippen molar-refractivity contribution < 1.29 is 13.9 Å². The predicted molar refractivity (Wildman–Crippen MR) is 57.8 cm³/mol. The Kier molecular flexibility index (Phi) is 9.51. The molecule has 1 N–H and O–H groups in total. The predicted octanol–water partition coefficient (Wildman–Crippen LogP) is 3.37. The minimum atomic E-state index is -2.75. The molecule has 1 nitrogen and oxygen atoms in total. The summed E-state index contributed by atoms with van der Waals surface area (Å²) in [7, 11) is 0. The second kappa shape index (κ2) is 9.92. The lowest BCUT2D eigenvalue weighted by atomic mass is 10.1. The van der Waals surface area contributed by atoms with Crippen molar-refractivity contribution in [3.63, 3.8) is 0 Å². The average molecular weight is 218 g/mol. The fourth-order valence-corrected chi connectivity index (χ4v) is 1.23. The third-order valence-corrected chi connectivity index (χ3v) is 2.14. The number of alkyl halides is 2. The van der Waals surface area contributed by atoms with Gasteiger partial charge in [0.2, 0.25) is 0 Å². The van der Waals surface area contributed by atoms with E-state index in [1.807, 2.05) is 0 Å². The summed E-state index contributed by atoms with van der Waals surface area (Å²) in [5, 5.41) is 8.68. The molecule has 0 saturated heterocycles. The molecule has 0 heterocycles. The molecule has 1 atom stereocenters. The highest BCUT2D eigenvalue weighted by Crippen LogP contribution is 2.06. The molecule has 88 valence electrons. The Morgan fingerprint density at radius 3 is 2.27 bits per heavy atom. The summed E-state index contributed by atoms with van der Waals surface area (Å²) >= 11 is 0. The third-order valence-electron chi connectivity index (χ3n) is 2.14. The maximum absolute atomic E-state index is 11.8. The van der Waals surface area contributed by atoms with Gasteiger partial charge in [0.1, 0.15) is 0 Å². The molecule has 0 bridgehead atoms. The van der Waals surface area contributed by atoms with Crippen molar-refractivity contribution in [3.05, 3.63) is 0 Å². The summed E-state index contributed by atoms with van der Waals surface area (Å²) in [5.41, 5.74) is 0. The maximum Gasteiger partial charge on any atom is 0.275 e. The van der Waals surface area contributed by atoms with Gasteiger partial charge in [0, 0.05) is 6.42 Å². The second-order valence-electron chi connectivity index (χ2n) is 3.62. The van der Waals surface area contributed by atoms with Crippen LogP contribution in [0.3, 0.4) is 0 Å². The van der Waals surface area contributed by atoms with Gasteiger partial charge in [-0.05, 0) is 6.42 Å². The quantitative estimate of drug-likeness (QED) is 0.513. The van der Waals surface area contributed by atoms with E-state index >= 15 is 0 Å². The number of aliphatic hydroxyl groups is 1. The molecule has 0 aliphatic heterocycles. The van der Waals surface area contributed by atoms with Gasteiger partial charge in [-0.3, -0.25) is 0 Å². The summed E-state index contributed by atoms with van der Waals surface area (Å²) in [6.45, 7) is 2.16. The Balaban J connectivity index is 3.30. The molecule has 1 unspecified atom stereocenters. The normalized spacial score (nSPS) is 12.3. The molecule has 0 amide bonds. The van der Waals surface area contributed by atoms with Gasteiger partial charge in [0.05, 0.1) is 0 Å². The van der Waals surface area contributed by atoms with E-state index in [4.69, 9.17) is 5.11 Å². The van der Waals surface area contributed by atoms with E-state index in [2.05, 4.69) is 18.8 Å². The molecular weight excluding hydrogens is 198 g/mol. The zero-order chi connectivity index (χ0) is 11.5. The Bertz CT molecular complexity index is 194. The van der Waals surface area contributed by atoms with Gasteiger partial charge in [0.15, 0.2) is 6.10 Å². The van der Waals surface area contributed by atoms with Crippen LogP contribution in [0.15, 0.2) is 0 Å². The highest BCUT2D eigenvalue weighted by atomic mass is 19.3. The van der Waals surface area contributed by atoms with E-state index in [1.165, 1.54) is 25.7 Å². The van der Waals surface area contributed by atoms with Crippen molar-refractivity contribution in [1.29, 1.82) is 0 Å². The van der Waals surface area contributed by atoms with Crippen molar-refractivity contribution in [2.24, 2.45) is 0 Å². The zero-order valence-electron chi connectivity index (χ0n) is 9.31. The minimum Gasteiger partial charge on any atom is -0.375 e. The highest BCUT2D eigenvalue weighted by Gasteiger charge is 2.12. The second-order valence-corrected chi connectivity index (χ2v) is 3.62. The van der Waals surface area contributed by atoms with Crippen molar-refractivity contribution >= 4 is 0 Å². The topological polar surface area (TPSA) is 20.2 Å². The van der Waals surface area contributed by atoms with Gasteiger partial charge in [-0.1, -0.05) is 44.9 Å². The SMILES string of the molecule is CCCCCCCCC#CC(O)C(F)F. The molecule has 0 aromatic carbocycles. The van der Waals surface area contributed by atoms with Crippen LogP contribution in [0.5, 0.6) is 0 Å². The molecule has 15 heavy (non-hydrogen) atoms. The first kappa shape index (κ1) is 14.4. The van der Waals surface area contributed by atoms with Crippen LogP contribution in [0.2, 0.25) is 0 Å². The number of unbranched alkanes of at least 4 members (excludes halogenated alkanes) is 6. The zero-order valence-corrected chi connectivity index (χ0v) is 9.31. The highest BCUT2D eigenvalue weighted by molar-refractivity contribution is 5.05. The molecule has 0 rings (SSSR count). The monoisotopic (exact) mass is 218 g/mol. The lowest BCUT2D eigenvalue weighted by Crippen LogP contribution is -2.14. The van der Waals surface area contributed by atoms with Crippen LogP contribution < -0.4 is 0 Å². The van der Waals surface area contributed by atoms with Crippen molar-refractivity contribution in [2.75, 3.05) is 0 Å². The molecule has 0 aromatic heterocycles. The fourth-order valence-electron chi connectivity index (χ4n) is 1.23. The molecule has 0 fully saturated rings. The number of rotatable bonds is 7. The standard InChI is InChI=1S/C12H20F2O/c1-2-3-4-5-6-7-8-9-10-11(15)12(13)14/h11-12,15H,2-8H2,1H3. The summed E-state index contributed by atoms with van der Waals surface area (Å²) in [4.78, 5) is 0. The van der Waals surface area contributed by atoms with Gasteiger partial charge in [-0.15, -0.1) is 5.92 Å². The molecule has 0 saturated carbocycles. The van der Waals surface area contributed by atoms with E-state index in [1.54, 1.807) is 0 Å². The Labute approximate surface area is 90.9 Å². The largest absolute Gasteiger partial charge is 0.375 e. The smallest absolute Gasteiger partial charge is 0.275 e. The van der Waals surface area contributed by atoms with Crippen LogP contribution >= 0.6 is 0 Å². The van der Waals surface area contributed by atoms with Crippen molar-refractivity contribution in [2.45, 2.75) is 64.4 Å². The van der Waals surface area contributed by atoms with Gasteiger partial charge in [-0.2, -0.15) is 0 Å². The minimum absolute atomic E-state index is 0.607. The molecule has 0 spiro atoms. The summed E-state index contributed by atoms with van der Waals surface area (Å²) < 4.78 is 23.6. The molecule has 0 aliphatic rings. The first-order valence-corrected chi connectivity index (χ1v) is 5.63. The first-order chi connectivity index (χ1) is 7.18. The van der Waals surface area contributed by atoms with E-state index < -0.39 is 12.5 Å². The van der Waals surface area contributed by atoms with Crippen LogP contribution in [-0.4, -0.2) is 17.6 Å². The molecule has 3 heteroatoms. The number of hydrogen-bond acceptors (Lipinski definition) is 1. The van der Waals surface area contributed by atoms with E-state index in [0.717, 1.165) is 12.8 Å². The Morgan fingerprint density at radius 1 is 1.07 bits per heavy atom. The fraction of sp³-hybridized carbons (Fsp3) is 0.833. The summed E-state index contributed by atoms with van der Waals surface area (Å²) in [6, 6.07) is 0. The van der Waals surface area contributed by atoms with Gasteiger partial charge < -0.3 is 5.11 Å².